The molecule has 0 spiro atoms. The molecule has 0 saturated heterocycles. The van der Waals surface area contributed by atoms with Crippen LogP contribution >= 0.6 is 0 Å². The molecule has 0 fully saturated rings. The molecule has 0 saturated carbocycles. The third-order valence-electron chi connectivity index (χ3n) is 4.09. The first-order valence-corrected chi connectivity index (χ1v) is 9.99. The van der Waals surface area contributed by atoms with Crippen molar-refractivity contribution >= 4 is 14.3 Å². The van der Waals surface area contributed by atoms with E-state index in [0.717, 1.165) is 0 Å². The predicted molar refractivity (Wildman–Crippen MR) is 85.5 cm³/mol. The van der Waals surface area contributed by atoms with Crippen molar-refractivity contribution in [1.29, 1.82) is 0 Å². The number of carbonyl (C=O) groups is 1. The molecule has 0 heterocycles. The van der Waals surface area contributed by atoms with Crippen LogP contribution in [0.1, 0.15) is 32.4 Å². The van der Waals surface area contributed by atoms with Crippen molar-refractivity contribution in [3.63, 3.8) is 0 Å². The van der Waals surface area contributed by atoms with Crippen LogP contribution in [0.15, 0.2) is 30.3 Å². The largest absolute Gasteiger partial charge is 0.467 e. The fourth-order valence-corrected chi connectivity index (χ4v) is 2.89. The van der Waals surface area contributed by atoms with Crippen molar-refractivity contribution in [3.05, 3.63) is 35.9 Å². The smallest absolute Gasteiger partial charge is 0.336 e. The quantitative estimate of drug-likeness (QED) is 0.670. The number of hydrogen-bond acceptors (Lipinski definition) is 4. The average Bonchev–Trinajstić information content (AvgIpc) is 2.43. The molecular weight excluding hydrogens is 284 g/mol. The fourth-order valence-electron chi connectivity index (χ4n) is 1.68. The number of esters is 1. The van der Waals surface area contributed by atoms with E-state index in [9.17, 15) is 9.90 Å². The number of methoxy groups -OCH3 is 1. The molecule has 1 aromatic rings. The molecule has 0 amide bonds. The normalized spacial score (nSPS) is 15.4. The Morgan fingerprint density at radius 2 is 1.71 bits per heavy atom. The summed E-state index contributed by atoms with van der Waals surface area (Å²) in [7, 11) is -0.896. The van der Waals surface area contributed by atoms with Gasteiger partial charge in [0.05, 0.1) is 7.11 Å². The number of rotatable bonds is 5. The Kier molecular flexibility index (Phi) is 5.73. The van der Waals surface area contributed by atoms with E-state index in [0.29, 0.717) is 5.56 Å². The van der Waals surface area contributed by atoms with Crippen LogP contribution in [0, 0.1) is 0 Å². The summed E-state index contributed by atoms with van der Waals surface area (Å²) >= 11 is 0. The van der Waals surface area contributed by atoms with Gasteiger partial charge in [0.25, 0.3) is 0 Å². The number of aliphatic hydroxyl groups is 1. The van der Waals surface area contributed by atoms with Crippen molar-refractivity contribution in [1.82, 2.24) is 0 Å². The molecule has 0 aromatic heterocycles. The van der Waals surface area contributed by atoms with Gasteiger partial charge < -0.3 is 14.3 Å². The zero-order valence-electron chi connectivity index (χ0n) is 13.7. The van der Waals surface area contributed by atoms with E-state index >= 15 is 0 Å². The molecule has 21 heavy (non-hydrogen) atoms. The summed E-state index contributed by atoms with van der Waals surface area (Å²) in [5.41, 5.74) is 0.645. The molecule has 0 bridgehead atoms. The highest BCUT2D eigenvalue weighted by Crippen LogP contribution is 2.38. The van der Waals surface area contributed by atoms with E-state index in [1.807, 2.05) is 31.3 Å². The second-order valence-electron chi connectivity index (χ2n) is 6.68. The molecule has 0 aliphatic carbocycles. The minimum atomic E-state index is -2.20. The minimum Gasteiger partial charge on any atom is -0.467 e. The molecule has 0 aliphatic heterocycles. The first-order chi connectivity index (χ1) is 9.60. The minimum absolute atomic E-state index is 0.0598. The van der Waals surface area contributed by atoms with Gasteiger partial charge in [-0.1, -0.05) is 51.1 Å². The highest BCUT2D eigenvalue weighted by Gasteiger charge is 2.43. The highest BCUT2D eigenvalue weighted by atomic mass is 28.4. The summed E-state index contributed by atoms with van der Waals surface area (Å²) in [5.74, 6) is -0.545. The van der Waals surface area contributed by atoms with Gasteiger partial charge in [0.2, 0.25) is 0 Å². The van der Waals surface area contributed by atoms with Crippen molar-refractivity contribution in [2.24, 2.45) is 0 Å². The molecule has 5 heteroatoms. The van der Waals surface area contributed by atoms with Gasteiger partial charge >= 0.3 is 5.97 Å². The van der Waals surface area contributed by atoms with Gasteiger partial charge in [-0.3, -0.25) is 0 Å². The summed E-state index contributed by atoms with van der Waals surface area (Å²) in [6.07, 6.45) is -2.04. The predicted octanol–water partition coefficient (Wildman–Crippen LogP) is 3.28. The van der Waals surface area contributed by atoms with Crippen LogP contribution in [-0.4, -0.2) is 32.6 Å². The Bertz CT molecular complexity index is 465. The van der Waals surface area contributed by atoms with Crippen LogP contribution in [0.3, 0.4) is 0 Å². The Labute approximate surface area is 128 Å². The lowest BCUT2D eigenvalue weighted by molar-refractivity contribution is -0.155. The van der Waals surface area contributed by atoms with Crippen LogP contribution in [0.4, 0.5) is 0 Å². The Balaban J connectivity index is 3.05. The van der Waals surface area contributed by atoms with Gasteiger partial charge in [-0.2, -0.15) is 0 Å². The number of hydrogen-bond donors (Lipinski definition) is 1. The lowest BCUT2D eigenvalue weighted by Gasteiger charge is -2.39. The van der Waals surface area contributed by atoms with E-state index in [2.05, 4.69) is 20.8 Å². The van der Waals surface area contributed by atoms with Crippen molar-refractivity contribution in [2.45, 2.75) is 51.1 Å². The summed E-state index contributed by atoms with van der Waals surface area (Å²) in [5, 5.41) is 10.4. The third-order valence-corrected chi connectivity index (χ3v) is 8.54. The molecule has 1 N–H and O–H groups in total. The molecule has 118 valence electrons. The number of benzene rings is 1. The van der Waals surface area contributed by atoms with Crippen LogP contribution in [-0.2, 0) is 14.0 Å². The maximum absolute atomic E-state index is 12.0. The average molecular weight is 310 g/mol. The second kappa shape index (κ2) is 6.73. The van der Waals surface area contributed by atoms with Crippen LogP contribution in [0.25, 0.3) is 0 Å². The van der Waals surface area contributed by atoms with E-state index in [4.69, 9.17) is 9.16 Å². The first-order valence-electron chi connectivity index (χ1n) is 7.09. The maximum Gasteiger partial charge on any atom is 0.336 e. The molecule has 0 radical (unpaired) electrons. The van der Waals surface area contributed by atoms with Crippen LogP contribution in [0.5, 0.6) is 0 Å². The number of carbonyl (C=O) groups excluding carboxylic acids is 1. The molecule has 2 atom stereocenters. The van der Waals surface area contributed by atoms with E-state index < -0.39 is 26.5 Å². The maximum atomic E-state index is 12.0. The number of aliphatic hydroxyl groups excluding tert-OH is 1. The van der Waals surface area contributed by atoms with Gasteiger partial charge in [-0.25, -0.2) is 4.79 Å². The van der Waals surface area contributed by atoms with E-state index in [-0.39, 0.29) is 5.04 Å². The zero-order valence-corrected chi connectivity index (χ0v) is 14.7. The summed E-state index contributed by atoms with van der Waals surface area (Å²) < 4.78 is 10.9. The second-order valence-corrected chi connectivity index (χ2v) is 11.4. The number of ether oxygens (including phenoxy) is 1. The van der Waals surface area contributed by atoms with Gasteiger partial charge in [0, 0.05) is 0 Å². The van der Waals surface area contributed by atoms with Crippen LogP contribution in [0.2, 0.25) is 18.1 Å². The Morgan fingerprint density at radius 1 is 1.19 bits per heavy atom. The van der Waals surface area contributed by atoms with Gasteiger partial charge in [0.1, 0.15) is 6.10 Å². The standard InChI is InChI=1S/C16H26O4Si/c1-16(2,3)21(5,6)20-14(15(18)19-4)13(17)12-10-8-7-9-11-12/h7-11,13-14,17H,1-6H3/t13-,14+/m0/s1. The van der Waals surface area contributed by atoms with Gasteiger partial charge in [-0.15, -0.1) is 0 Å². The topological polar surface area (TPSA) is 55.8 Å². The summed E-state index contributed by atoms with van der Waals surface area (Å²) in [6.45, 7) is 10.3. The molecule has 1 aromatic carbocycles. The van der Waals surface area contributed by atoms with E-state index in [1.54, 1.807) is 12.1 Å². The first kappa shape index (κ1) is 17.9. The van der Waals surface area contributed by atoms with Crippen molar-refractivity contribution in [2.75, 3.05) is 7.11 Å². The lowest BCUT2D eigenvalue weighted by atomic mass is 10.0. The molecule has 4 nitrogen and oxygen atoms in total. The lowest BCUT2D eigenvalue weighted by Crippen LogP contribution is -2.48. The van der Waals surface area contributed by atoms with Crippen molar-refractivity contribution < 1.29 is 19.1 Å². The van der Waals surface area contributed by atoms with Gasteiger partial charge in [0.15, 0.2) is 14.4 Å². The van der Waals surface area contributed by atoms with Gasteiger partial charge in [-0.05, 0) is 23.7 Å². The molecule has 0 aliphatic rings. The summed E-state index contributed by atoms with van der Waals surface area (Å²) in [4.78, 5) is 12.0. The zero-order chi connectivity index (χ0) is 16.3. The molecule has 0 unspecified atom stereocenters. The van der Waals surface area contributed by atoms with Crippen molar-refractivity contribution in [3.8, 4) is 0 Å². The molecule has 1 rings (SSSR count). The Morgan fingerprint density at radius 3 is 2.14 bits per heavy atom. The highest BCUT2D eigenvalue weighted by molar-refractivity contribution is 6.74. The SMILES string of the molecule is COC(=O)[C@H](O[Si](C)(C)C(C)(C)C)[C@@H](O)c1ccccc1. The van der Waals surface area contributed by atoms with E-state index in [1.165, 1.54) is 7.11 Å². The fraction of sp³-hybridized carbons (Fsp3) is 0.562. The third kappa shape index (κ3) is 4.39. The molecular formula is C16H26O4Si. The Hall–Kier alpha value is -1.17. The monoisotopic (exact) mass is 310 g/mol. The summed E-state index contributed by atoms with van der Waals surface area (Å²) in [6, 6.07) is 9.04. The van der Waals surface area contributed by atoms with Crippen LogP contribution < -0.4 is 0 Å².